The van der Waals surface area contributed by atoms with Crippen molar-refractivity contribution in [3.8, 4) is 17.0 Å². The van der Waals surface area contributed by atoms with Crippen molar-refractivity contribution in [2.45, 2.75) is 6.92 Å². The molecule has 0 aliphatic carbocycles. The second kappa shape index (κ2) is 6.26. The number of nitrogens with zero attached hydrogens (tertiary/aromatic N) is 2. The molecule has 0 saturated carbocycles. The second-order valence-corrected chi connectivity index (χ2v) is 4.57. The Balaban J connectivity index is 2.58. The fraction of sp³-hybridized carbons (Fsp3) is 0.0625. The van der Waals surface area contributed by atoms with E-state index in [9.17, 15) is 5.11 Å². The van der Waals surface area contributed by atoms with Gasteiger partial charge in [-0.2, -0.15) is 0 Å². The molecule has 0 saturated heterocycles. The van der Waals surface area contributed by atoms with Crippen molar-refractivity contribution in [2.75, 3.05) is 0 Å². The van der Waals surface area contributed by atoms with Crippen molar-refractivity contribution in [1.29, 1.82) is 0 Å². The van der Waals surface area contributed by atoms with E-state index in [0.29, 0.717) is 10.6 Å². The van der Waals surface area contributed by atoms with Crippen LogP contribution in [0.4, 0.5) is 0 Å². The van der Waals surface area contributed by atoms with Crippen molar-refractivity contribution in [3.63, 3.8) is 0 Å². The van der Waals surface area contributed by atoms with Crippen LogP contribution in [0.1, 0.15) is 6.92 Å². The number of hydrogen-bond donors (Lipinski definition) is 1. The molecule has 20 heavy (non-hydrogen) atoms. The van der Waals surface area contributed by atoms with Crippen molar-refractivity contribution in [2.24, 2.45) is 0 Å². The van der Waals surface area contributed by atoms with E-state index in [2.05, 4.69) is 11.6 Å². The second-order valence-electron chi connectivity index (χ2n) is 4.13. The summed E-state index contributed by atoms with van der Waals surface area (Å²) in [6.07, 6.45) is 10.8. The lowest BCUT2D eigenvalue weighted by Crippen LogP contribution is -1.95. The third-order valence-electron chi connectivity index (χ3n) is 2.82. The minimum absolute atomic E-state index is 0.158. The number of rotatable bonds is 4. The van der Waals surface area contributed by atoms with Gasteiger partial charge in [-0.25, -0.2) is 4.98 Å². The third-order valence-corrected chi connectivity index (χ3v) is 3.05. The monoisotopic (exact) mass is 286 g/mol. The number of hydrogen-bond acceptors (Lipinski definition) is 2. The summed E-state index contributed by atoms with van der Waals surface area (Å²) in [5.41, 5.74) is 2.24. The Bertz CT molecular complexity index is 684. The number of imidazole rings is 1. The molecular formula is C16H15ClN2O. The lowest BCUT2D eigenvalue weighted by atomic mass is 10.1. The van der Waals surface area contributed by atoms with Gasteiger partial charge in [0.2, 0.25) is 0 Å². The van der Waals surface area contributed by atoms with E-state index >= 15 is 0 Å². The Morgan fingerprint density at radius 2 is 2.25 bits per heavy atom. The molecule has 0 unspecified atom stereocenters. The standard InChI is InChI=1S/C16H15ClN2O/c1-3-5-6-13(4-2)19-11-18-10-15(19)14-9-12(17)7-8-16(14)20/h3-11,20H,2H2,1H3/b5-3-,13-6+. The number of phenolic OH excluding ortho intramolecular Hbond substituents is 1. The fourth-order valence-corrected chi connectivity index (χ4v) is 2.03. The summed E-state index contributed by atoms with van der Waals surface area (Å²) >= 11 is 6.00. The fourth-order valence-electron chi connectivity index (χ4n) is 1.85. The van der Waals surface area contributed by atoms with Gasteiger partial charge in [0, 0.05) is 16.3 Å². The van der Waals surface area contributed by atoms with Crippen LogP contribution < -0.4 is 0 Å². The van der Waals surface area contributed by atoms with Crippen molar-refractivity contribution >= 4 is 17.3 Å². The van der Waals surface area contributed by atoms with E-state index in [-0.39, 0.29) is 5.75 Å². The Morgan fingerprint density at radius 3 is 2.95 bits per heavy atom. The number of halogens is 1. The van der Waals surface area contributed by atoms with E-state index in [1.807, 2.05) is 29.7 Å². The quantitative estimate of drug-likeness (QED) is 0.840. The molecule has 0 radical (unpaired) electrons. The number of benzene rings is 1. The van der Waals surface area contributed by atoms with Gasteiger partial charge in [0.05, 0.1) is 18.2 Å². The molecule has 4 heteroatoms. The van der Waals surface area contributed by atoms with Crippen LogP contribution in [0.3, 0.4) is 0 Å². The molecule has 0 atom stereocenters. The highest BCUT2D eigenvalue weighted by molar-refractivity contribution is 6.30. The molecular weight excluding hydrogens is 272 g/mol. The first-order valence-electron chi connectivity index (χ1n) is 6.14. The minimum Gasteiger partial charge on any atom is -0.507 e. The Hall–Kier alpha value is -2.26. The Labute approximate surface area is 123 Å². The summed E-state index contributed by atoms with van der Waals surface area (Å²) in [5.74, 6) is 0.158. The van der Waals surface area contributed by atoms with Crippen LogP contribution >= 0.6 is 11.6 Å². The molecule has 3 nitrogen and oxygen atoms in total. The molecule has 0 amide bonds. The van der Waals surface area contributed by atoms with Gasteiger partial charge >= 0.3 is 0 Å². The molecule has 1 aromatic heterocycles. The highest BCUT2D eigenvalue weighted by Crippen LogP contribution is 2.32. The molecule has 1 heterocycles. The van der Waals surface area contributed by atoms with E-state index < -0.39 is 0 Å². The topological polar surface area (TPSA) is 38.0 Å². The van der Waals surface area contributed by atoms with Gasteiger partial charge in [-0.05, 0) is 37.3 Å². The molecule has 0 fully saturated rings. The van der Waals surface area contributed by atoms with Crippen LogP contribution in [0.15, 0.2) is 61.6 Å². The number of aromatic nitrogens is 2. The number of allylic oxidation sites excluding steroid dienone is 5. The molecule has 102 valence electrons. The van der Waals surface area contributed by atoms with Gasteiger partial charge in [0.15, 0.2) is 0 Å². The third kappa shape index (κ3) is 2.83. The SMILES string of the molecule is C=C/C(=C\C=C/C)n1cncc1-c1cc(Cl)ccc1O. The van der Waals surface area contributed by atoms with E-state index in [1.165, 1.54) is 0 Å². The molecule has 1 N–H and O–H groups in total. The average Bonchev–Trinajstić information content (AvgIpc) is 2.91. The highest BCUT2D eigenvalue weighted by atomic mass is 35.5. The first kappa shape index (κ1) is 14.2. The molecule has 2 aromatic rings. The van der Waals surface area contributed by atoms with Crippen LogP contribution in [0.2, 0.25) is 5.02 Å². The van der Waals surface area contributed by atoms with Crippen molar-refractivity contribution in [3.05, 3.63) is 66.6 Å². The summed E-state index contributed by atoms with van der Waals surface area (Å²) < 4.78 is 1.85. The molecule has 0 aliphatic rings. The molecule has 0 spiro atoms. The highest BCUT2D eigenvalue weighted by Gasteiger charge is 2.11. The van der Waals surface area contributed by atoms with Gasteiger partial charge < -0.3 is 5.11 Å². The summed E-state index contributed by atoms with van der Waals surface area (Å²) in [7, 11) is 0. The minimum atomic E-state index is 0.158. The van der Waals surface area contributed by atoms with Crippen molar-refractivity contribution < 1.29 is 5.11 Å². The first-order chi connectivity index (χ1) is 9.67. The first-order valence-corrected chi connectivity index (χ1v) is 6.52. The van der Waals surface area contributed by atoms with Crippen LogP contribution in [0.25, 0.3) is 17.0 Å². The van der Waals surface area contributed by atoms with Gasteiger partial charge in [-0.3, -0.25) is 4.57 Å². The van der Waals surface area contributed by atoms with Gasteiger partial charge in [0.1, 0.15) is 5.75 Å². The Kier molecular flexibility index (Phi) is 4.43. The van der Waals surface area contributed by atoms with Gasteiger partial charge in [-0.15, -0.1) is 0 Å². The Morgan fingerprint density at radius 1 is 1.45 bits per heavy atom. The van der Waals surface area contributed by atoms with Crippen LogP contribution in [0.5, 0.6) is 5.75 Å². The maximum Gasteiger partial charge on any atom is 0.125 e. The maximum absolute atomic E-state index is 10.0. The summed E-state index contributed by atoms with van der Waals surface area (Å²) in [6, 6.07) is 4.92. The molecule has 1 aromatic carbocycles. The molecule has 2 rings (SSSR count). The molecule has 0 aliphatic heterocycles. The van der Waals surface area contributed by atoms with Crippen LogP contribution in [0, 0.1) is 0 Å². The van der Waals surface area contributed by atoms with Crippen LogP contribution in [-0.4, -0.2) is 14.7 Å². The lowest BCUT2D eigenvalue weighted by molar-refractivity contribution is 0.477. The maximum atomic E-state index is 10.0. The largest absolute Gasteiger partial charge is 0.507 e. The van der Waals surface area contributed by atoms with Crippen LogP contribution in [-0.2, 0) is 0 Å². The van der Waals surface area contributed by atoms with E-state index in [0.717, 1.165) is 11.4 Å². The smallest absolute Gasteiger partial charge is 0.125 e. The number of aromatic hydroxyl groups is 1. The zero-order chi connectivity index (χ0) is 14.5. The van der Waals surface area contributed by atoms with E-state index in [4.69, 9.17) is 11.6 Å². The van der Waals surface area contributed by atoms with Crippen molar-refractivity contribution in [1.82, 2.24) is 9.55 Å². The zero-order valence-electron chi connectivity index (χ0n) is 11.1. The zero-order valence-corrected chi connectivity index (χ0v) is 11.9. The van der Waals surface area contributed by atoms with Gasteiger partial charge in [-0.1, -0.05) is 30.3 Å². The summed E-state index contributed by atoms with van der Waals surface area (Å²) in [5, 5.41) is 10.6. The van der Waals surface area contributed by atoms with E-state index in [1.54, 1.807) is 36.8 Å². The molecule has 0 bridgehead atoms. The summed E-state index contributed by atoms with van der Waals surface area (Å²) in [6.45, 7) is 5.74. The predicted molar refractivity (Wildman–Crippen MR) is 83.6 cm³/mol. The lowest BCUT2D eigenvalue weighted by Gasteiger charge is -2.10. The average molecular weight is 287 g/mol. The number of phenols is 1. The normalized spacial score (nSPS) is 12.0. The predicted octanol–water partition coefficient (Wildman–Crippen LogP) is 4.51. The van der Waals surface area contributed by atoms with Gasteiger partial charge in [0.25, 0.3) is 0 Å². The summed E-state index contributed by atoms with van der Waals surface area (Å²) in [4.78, 5) is 4.14.